The molecule has 106 valence electrons. The van der Waals surface area contributed by atoms with E-state index in [2.05, 4.69) is 11.8 Å². The summed E-state index contributed by atoms with van der Waals surface area (Å²) in [7, 11) is 0. The molecular formula is C14H29N2O2+. The van der Waals surface area contributed by atoms with E-state index in [0.29, 0.717) is 0 Å². The molecule has 0 aromatic rings. The van der Waals surface area contributed by atoms with Crippen molar-refractivity contribution < 1.29 is 14.0 Å². The molecule has 0 saturated carbocycles. The van der Waals surface area contributed by atoms with Crippen molar-refractivity contribution in [2.45, 2.75) is 19.8 Å². The van der Waals surface area contributed by atoms with Crippen molar-refractivity contribution in [3.05, 3.63) is 0 Å². The Morgan fingerprint density at radius 3 is 2.28 bits per heavy atom. The number of unbranched alkanes of at least 4 members (excludes halogenated alkanes) is 1. The zero-order chi connectivity index (χ0) is 12.7. The highest BCUT2D eigenvalue weighted by molar-refractivity contribution is 4.61. The predicted octanol–water partition coefficient (Wildman–Crippen LogP) is 0.966. The molecule has 0 atom stereocenters. The van der Waals surface area contributed by atoms with Crippen LogP contribution in [0.2, 0.25) is 0 Å². The minimum Gasteiger partial charge on any atom is -0.379 e. The summed E-state index contributed by atoms with van der Waals surface area (Å²) in [6, 6.07) is 0. The maximum absolute atomic E-state index is 5.49. The molecule has 0 spiro atoms. The fourth-order valence-electron chi connectivity index (χ4n) is 3.04. The Labute approximate surface area is 111 Å². The molecule has 4 heteroatoms. The van der Waals surface area contributed by atoms with Gasteiger partial charge in [0.25, 0.3) is 0 Å². The molecule has 2 aliphatic rings. The second kappa shape index (κ2) is 7.43. The van der Waals surface area contributed by atoms with Crippen LogP contribution < -0.4 is 0 Å². The summed E-state index contributed by atoms with van der Waals surface area (Å²) in [5, 5.41) is 0. The van der Waals surface area contributed by atoms with Crippen LogP contribution in [0.25, 0.3) is 0 Å². The Morgan fingerprint density at radius 1 is 0.944 bits per heavy atom. The normalized spacial score (nSPS) is 25.2. The van der Waals surface area contributed by atoms with E-state index in [1.807, 2.05) is 0 Å². The van der Waals surface area contributed by atoms with Crippen LogP contribution in [0.4, 0.5) is 0 Å². The van der Waals surface area contributed by atoms with Gasteiger partial charge in [-0.15, -0.1) is 0 Å². The van der Waals surface area contributed by atoms with Gasteiger partial charge in [-0.25, -0.2) is 0 Å². The van der Waals surface area contributed by atoms with Gasteiger partial charge in [0.2, 0.25) is 0 Å². The van der Waals surface area contributed by atoms with E-state index < -0.39 is 0 Å². The fourth-order valence-corrected chi connectivity index (χ4v) is 3.04. The lowest BCUT2D eigenvalue weighted by atomic mass is 10.2. The smallest absolute Gasteiger partial charge is 0.102 e. The van der Waals surface area contributed by atoms with Gasteiger partial charge in [-0.3, -0.25) is 4.90 Å². The molecule has 2 heterocycles. The highest BCUT2D eigenvalue weighted by atomic mass is 16.5. The van der Waals surface area contributed by atoms with Crippen molar-refractivity contribution in [2.24, 2.45) is 0 Å². The second-order valence-corrected chi connectivity index (χ2v) is 5.60. The Kier molecular flexibility index (Phi) is 5.89. The summed E-state index contributed by atoms with van der Waals surface area (Å²) in [5.41, 5.74) is 0. The van der Waals surface area contributed by atoms with Crippen molar-refractivity contribution in [1.82, 2.24) is 4.90 Å². The summed E-state index contributed by atoms with van der Waals surface area (Å²) in [5.74, 6) is 0. The number of quaternary nitrogens is 1. The monoisotopic (exact) mass is 257 g/mol. The van der Waals surface area contributed by atoms with Crippen molar-refractivity contribution in [1.29, 1.82) is 0 Å². The molecule has 2 aliphatic heterocycles. The Hall–Kier alpha value is -0.160. The van der Waals surface area contributed by atoms with Crippen molar-refractivity contribution in [2.75, 3.05) is 72.2 Å². The quantitative estimate of drug-likeness (QED) is 0.523. The molecule has 0 unspecified atom stereocenters. The van der Waals surface area contributed by atoms with Crippen LogP contribution in [-0.4, -0.2) is 81.6 Å². The third-order valence-corrected chi connectivity index (χ3v) is 4.55. The van der Waals surface area contributed by atoms with Crippen LogP contribution in [0.1, 0.15) is 19.8 Å². The van der Waals surface area contributed by atoms with Gasteiger partial charge in [0.1, 0.15) is 13.1 Å². The third kappa shape index (κ3) is 4.19. The summed E-state index contributed by atoms with van der Waals surface area (Å²) in [4.78, 5) is 2.54. The van der Waals surface area contributed by atoms with Gasteiger partial charge in [0, 0.05) is 13.1 Å². The van der Waals surface area contributed by atoms with Crippen molar-refractivity contribution in [3.63, 3.8) is 0 Å². The van der Waals surface area contributed by atoms with Crippen LogP contribution in [0, 0.1) is 0 Å². The Balaban J connectivity index is 1.61. The number of likely N-dealkylation sites (N-methyl/N-ethyl adjacent to an activating group) is 1. The van der Waals surface area contributed by atoms with Crippen molar-refractivity contribution >= 4 is 0 Å². The Bertz CT molecular complexity index is 224. The molecule has 18 heavy (non-hydrogen) atoms. The number of nitrogens with zero attached hydrogens (tertiary/aromatic N) is 2. The first-order valence-corrected chi connectivity index (χ1v) is 7.58. The average Bonchev–Trinajstić information content (AvgIpc) is 2.46. The first-order chi connectivity index (χ1) is 8.85. The molecule has 0 aromatic carbocycles. The lowest BCUT2D eigenvalue weighted by Gasteiger charge is -2.40. The molecule has 0 bridgehead atoms. The number of hydrogen-bond acceptors (Lipinski definition) is 3. The molecule has 2 rings (SSSR count). The number of ether oxygens (including phenoxy) is 2. The SMILES string of the molecule is CC[N+]1(CCCCN2CCOCC2)CCOCC1. The number of morpholine rings is 2. The van der Waals surface area contributed by atoms with E-state index in [0.717, 1.165) is 39.5 Å². The molecule has 0 aromatic heterocycles. The summed E-state index contributed by atoms with van der Waals surface area (Å²) < 4.78 is 12.1. The van der Waals surface area contributed by atoms with Crippen LogP contribution in [0.5, 0.6) is 0 Å². The van der Waals surface area contributed by atoms with Gasteiger partial charge in [-0.2, -0.15) is 0 Å². The molecule has 0 amide bonds. The molecule has 0 radical (unpaired) electrons. The fraction of sp³-hybridized carbons (Fsp3) is 1.00. The van der Waals surface area contributed by atoms with E-state index in [1.165, 1.54) is 50.0 Å². The lowest BCUT2D eigenvalue weighted by molar-refractivity contribution is -0.933. The zero-order valence-electron chi connectivity index (χ0n) is 11.9. The predicted molar refractivity (Wildman–Crippen MR) is 72.7 cm³/mol. The summed E-state index contributed by atoms with van der Waals surface area (Å²) in [6.45, 7) is 14.6. The summed E-state index contributed by atoms with van der Waals surface area (Å²) >= 11 is 0. The van der Waals surface area contributed by atoms with E-state index in [1.54, 1.807) is 0 Å². The first-order valence-electron chi connectivity index (χ1n) is 7.58. The highest BCUT2D eigenvalue weighted by Gasteiger charge is 2.27. The topological polar surface area (TPSA) is 21.7 Å². The number of hydrogen-bond donors (Lipinski definition) is 0. The van der Waals surface area contributed by atoms with E-state index >= 15 is 0 Å². The van der Waals surface area contributed by atoms with Gasteiger partial charge < -0.3 is 14.0 Å². The number of rotatable bonds is 6. The van der Waals surface area contributed by atoms with Crippen molar-refractivity contribution in [3.8, 4) is 0 Å². The van der Waals surface area contributed by atoms with Gasteiger partial charge in [-0.1, -0.05) is 0 Å². The average molecular weight is 257 g/mol. The first kappa shape index (κ1) is 14.3. The van der Waals surface area contributed by atoms with Gasteiger partial charge in [-0.05, 0) is 26.3 Å². The minimum atomic E-state index is 0.923. The second-order valence-electron chi connectivity index (χ2n) is 5.60. The van der Waals surface area contributed by atoms with Gasteiger partial charge in [0.15, 0.2) is 0 Å². The van der Waals surface area contributed by atoms with Crippen LogP contribution in [0.15, 0.2) is 0 Å². The molecular weight excluding hydrogens is 228 g/mol. The van der Waals surface area contributed by atoms with Gasteiger partial charge >= 0.3 is 0 Å². The third-order valence-electron chi connectivity index (χ3n) is 4.55. The molecule has 0 aliphatic carbocycles. The molecule has 2 saturated heterocycles. The molecule has 4 nitrogen and oxygen atoms in total. The maximum Gasteiger partial charge on any atom is 0.102 e. The lowest BCUT2D eigenvalue weighted by Crippen LogP contribution is -2.55. The minimum absolute atomic E-state index is 0.923. The standard InChI is InChI=1S/C14H29N2O2/c1-2-16(9-13-18-14-10-16)8-4-3-5-15-6-11-17-12-7-15/h2-14H2,1H3/q+1. The maximum atomic E-state index is 5.49. The van der Waals surface area contributed by atoms with Crippen LogP contribution >= 0.6 is 0 Å². The zero-order valence-corrected chi connectivity index (χ0v) is 11.9. The highest BCUT2D eigenvalue weighted by Crippen LogP contribution is 2.13. The Morgan fingerprint density at radius 2 is 1.61 bits per heavy atom. The van der Waals surface area contributed by atoms with E-state index in [-0.39, 0.29) is 0 Å². The van der Waals surface area contributed by atoms with Gasteiger partial charge in [0.05, 0.1) is 39.5 Å². The van der Waals surface area contributed by atoms with Crippen LogP contribution in [-0.2, 0) is 9.47 Å². The summed E-state index contributed by atoms with van der Waals surface area (Å²) in [6.07, 6.45) is 2.69. The van der Waals surface area contributed by atoms with E-state index in [9.17, 15) is 0 Å². The van der Waals surface area contributed by atoms with Crippen LogP contribution in [0.3, 0.4) is 0 Å². The molecule has 0 N–H and O–H groups in total. The largest absolute Gasteiger partial charge is 0.379 e. The molecule has 2 fully saturated rings. The van der Waals surface area contributed by atoms with E-state index in [4.69, 9.17) is 9.47 Å².